The predicted octanol–water partition coefficient (Wildman–Crippen LogP) is 1.88. The summed E-state index contributed by atoms with van der Waals surface area (Å²) >= 11 is 0. The highest BCUT2D eigenvalue weighted by molar-refractivity contribution is 5.89. The zero-order valence-electron chi connectivity index (χ0n) is 8.73. The Morgan fingerprint density at radius 2 is 2.44 bits per heavy atom. The summed E-state index contributed by atoms with van der Waals surface area (Å²) in [5.41, 5.74) is 1.12. The molecule has 0 spiro atoms. The summed E-state index contributed by atoms with van der Waals surface area (Å²) in [4.78, 5) is 10.9. The van der Waals surface area contributed by atoms with Gasteiger partial charge in [0.2, 0.25) is 0 Å². The first-order valence-electron chi connectivity index (χ1n) is 4.99. The van der Waals surface area contributed by atoms with Gasteiger partial charge in [-0.3, -0.25) is 0 Å². The summed E-state index contributed by atoms with van der Waals surface area (Å²) < 4.78 is 10.8. The summed E-state index contributed by atoms with van der Waals surface area (Å²) in [6.45, 7) is 4.48. The van der Waals surface area contributed by atoms with E-state index in [0.29, 0.717) is 24.7 Å². The van der Waals surface area contributed by atoms with Gasteiger partial charge in [-0.1, -0.05) is 12.7 Å². The number of fused-ring (bicyclic) bond motifs is 1. The molecular weight excluding hydrogens is 208 g/mol. The minimum Gasteiger partial charge on any atom is -0.493 e. The monoisotopic (exact) mass is 220 g/mol. The Morgan fingerprint density at radius 3 is 3.12 bits per heavy atom. The molecule has 16 heavy (non-hydrogen) atoms. The molecule has 1 aliphatic heterocycles. The average molecular weight is 220 g/mol. The highest BCUT2D eigenvalue weighted by atomic mass is 16.5. The van der Waals surface area contributed by atoms with Crippen LogP contribution in [0.4, 0.5) is 0 Å². The Kier molecular flexibility index (Phi) is 2.81. The maximum atomic E-state index is 10.9. The van der Waals surface area contributed by atoms with Crippen molar-refractivity contribution in [2.45, 2.75) is 6.42 Å². The van der Waals surface area contributed by atoms with Crippen molar-refractivity contribution < 1.29 is 19.4 Å². The molecule has 0 fully saturated rings. The van der Waals surface area contributed by atoms with Gasteiger partial charge in [-0.05, 0) is 12.1 Å². The number of carbonyl (C=O) groups is 1. The van der Waals surface area contributed by atoms with E-state index in [4.69, 9.17) is 14.6 Å². The van der Waals surface area contributed by atoms with Gasteiger partial charge in [-0.15, -0.1) is 0 Å². The highest BCUT2D eigenvalue weighted by Crippen LogP contribution is 2.35. The molecule has 0 atom stereocenters. The molecule has 0 aliphatic carbocycles. The van der Waals surface area contributed by atoms with E-state index in [9.17, 15) is 4.79 Å². The zero-order chi connectivity index (χ0) is 11.5. The number of carboxylic acid groups (broad SMARTS) is 1. The van der Waals surface area contributed by atoms with E-state index in [2.05, 4.69) is 6.58 Å². The topological polar surface area (TPSA) is 55.8 Å². The minimum absolute atomic E-state index is 0.180. The Balaban J connectivity index is 2.40. The van der Waals surface area contributed by atoms with Crippen molar-refractivity contribution in [1.29, 1.82) is 0 Å². The lowest BCUT2D eigenvalue weighted by molar-refractivity contribution is 0.0696. The summed E-state index contributed by atoms with van der Waals surface area (Å²) in [5.74, 6) is 0.202. The summed E-state index contributed by atoms with van der Waals surface area (Å²) in [6, 6.07) is 3.06. The molecule has 1 heterocycles. The van der Waals surface area contributed by atoms with Crippen LogP contribution in [-0.2, 0) is 6.42 Å². The molecule has 2 rings (SSSR count). The van der Waals surface area contributed by atoms with Crippen LogP contribution in [0.3, 0.4) is 0 Å². The highest BCUT2D eigenvalue weighted by Gasteiger charge is 2.20. The number of hydrogen-bond acceptors (Lipinski definition) is 3. The van der Waals surface area contributed by atoms with Gasteiger partial charge in [0.15, 0.2) is 0 Å². The summed E-state index contributed by atoms with van der Waals surface area (Å²) in [6.07, 6.45) is 2.37. The van der Waals surface area contributed by atoms with Crippen molar-refractivity contribution in [3.8, 4) is 11.5 Å². The van der Waals surface area contributed by atoms with Gasteiger partial charge >= 0.3 is 5.97 Å². The summed E-state index contributed by atoms with van der Waals surface area (Å²) in [5, 5.41) is 8.93. The fraction of sp³-hybridized carbons (Fsp3) is 0.250. The molecule has 0 saturated carbocycles. The van der Waals surface area contributed by atoms with Gasteiger partial charge in [-0.25, -0.2) is 4.79 Å². The number of hydrogen-bond donors (Lipinski definition) is 1. The van der Waals surface area contributed by atoms with Gasteiger partial charge in [0.05, 0.1) is 12.2 Å². The molecule has 1 aromatic rings. The predicted molar refractivity (Wildman–Crippen MR) is 58.3 cm³/mol. The van der Waals surface area contributed by atoms with Gasteiger partial charge in [0.1, 0.15) is 18.1 Å². The van der Waals surface area contributed by atoms with Gasteiger partial charge in [-0.2, -0.15) is 0 Å². The van der Waals surface area contributed by atoms with Crippen LogP contribution in [0.5, 0.6) is 11.5 Å². The largest absolute Gasteiger partial charge is 0.493 e. The van der Waals surface area contributed by atoms with E-state index >= 15 is 0 Å². The molecule has 1 aromatic carbocycles. The number of aromatic carboxylic acids is 1. The van der Waals surface area contributed by atoms with E-state index in [-0.39, 0.29) is 5.56 Å². The van der Waals surface area contributed by atoms with Crippen molar-refractivity contribution in [2.24, 2.45) is 0 Å². The lowest BCUT2D eigenvalue weighted by Crippen LogP contribution is -2.01. The van der Waals surface area contributed by atoms with E-state index in [1.807, 2.05) is 0 Å². The van der Waals surface area contributed by atoms with Crippen LogP contribution in [0.2, 0.25) is 0 Å². The third-order valence-electron chi connectivity index (χ3n) is 2.38. The van der Waals surface area contributed by atoms with Crippen LogP contribution in [0.1, 0.15) is 15.9 Å². The fourth-order valence-electron chi connectivity index (χ4n) is 1.66. The van der Waals surface area contributed by atoms with E-state index in [1.165, 1.54) is 12.1 Å². The molecule has 0 saturated heterocycles. The molecule has 4 heteroatoms. The molecule has 0 aromatic heterocycles. The number of carboxylic acids is 1. The Morgan fingerprint density at radius 1 is 1.62 bits per heavy atom. The lowest BCUT2D eigenvalue weighted by Gasteiger charge is -2.09. The van der Waals surface area contributed by atoms with Crippen molar-refractivity contribution in [2.75, 3.05) is 13.2 Å². The third-order valence-corrected chi connectivity index (χ3v) is 2.38. The van der Waals surface area contributed by atoms with E-state index in [0.717, 1.165) is 12.0 Å². The Bertz CT molecular complexity index is 437. The number of rotatable bonds is 4. The zero-order valence-corrected chi connectivity index (χ0v) is 8.73. The lowest BCUT2D eigenvalue weighted by atomic mass is 10.1. The normalized spacial score (nSPS) is 12.8. The molecule has 84 valence electrons. The molecule has 4 nitrogen and oxygen atoms in total. The second-order valence-corrected chi connectivity index (χ2v) is 3.45. The average Bonchev–Trinajstić information content (AvgIpc) is 2.73. The van der Waals surface area contributed by atoms with Crippen molar-refractivity contribution >= 4 is 5.97 Å². The van der Waals surface area contributed by atoms with Gasteiger partial charge in [0.25, 0.3) is 0 Å². The van der Waals surface area contributed by atoms with Gasteiger partial charge < -0.3 is 14.6 Å². The van der Waals surface area contributed by atoms with E-state index < -0.39 is 5.97 Å². The maximum Gasteiger partial charge on any atom is 0.335 e. The van der Waals surface area contributed by atoms with Crippen molar-refractivity contribution in [3.05, 3.63) is 35.9 Å². The molecule has 0 radical (unpaired) electrons. The Hall–Kier alpha value is -1.97. The molecule has 0 bridgehead atoms. The fourth-order valence-corrected chi connectivity index (χ4v) is 1.66. The van der Waals surface area contributed by atoms with Crippen LogP contribution < -0.4 is 9.47 Å². The van der Waals surface area contributed by atoms with Crippen LogP contribution in [-0.4, -0.2) is 24.3 Å². The third kappa shape index (κ3) is 1.86. The van der Waals surface area contributed by atoms with Crippen LogP contribution in [0.15, 0.2) is 24.8 Å². The van der Waals surface area contributed by atoms with Gasteiger partial charge in [0, 0.05) is 12.0 Å². The molecule has 1 N–H and O–H groups in total. The Labute approximate surface area is 93.1 Å². The number of ether oxygens (including phenoxy) is 2. The van der Waals surface area contributed by atoms with Crippen molar-refractivity contribution in [1.82, 2.24) is 0 Å². The maximum absolute atomic E-state index is 10.9. The second kappa shape index (κ2) is 4.26. The first-order chi connectivity index (χ1) is 7.72. The smallest absolute Gasteiger partial charge is 0.335 e. The van der Waals surface area contributed by atoms with Crippen molar-refractivity contribution in [3.63, 3.8) is 0 Å². The second-order valence-electron chi connectivity index (χ2n) is 3.45. The van der Waals surface area contributed by atoms with Crippen LogP contribution in [0, 0.1) is 0 Å². The van der Waals surface area contributed by atoms with E-state index in [1.54, 1.807) is 6.08 Å². The number of benzene rings is 1. The first-order valence-corrected chi connectivity index (χ1v) is 4.99. The quantitative estimate of drug-likeness (QED) is 0.787. The molecule has 1 aliphatic rings. The summed E-state index contributed by atoms with van der Waals surface area (Å²) in [7, 11) is 0. The SMILES string of the molecule is C=CCOc1cc(C(=O)O)cc2c1CCO2. The first kappa shape index (κ1) is 10.5. The van der Waals surface area contributed by atoms with Crippen LogP contribution >= 0.6 is 0 Å². The molecule has 0 unspecified atom stereocenters. The molecular formula is C12H12O4. The molecule has 0 amide bonds. The standard InChI is InChI=1S/C12H12O4/c1-2-4-15-10-6-8(12(13)14)7-11-9(10)3-5-16-11/h2,6-7H,1,3-5H2,(H,13,14). The minimum atomic E-state index is -0.984. The van der Waals surface area contributed by atoms with Crippen LogP contribution in [0.25, 0.3) is 0 Å².